The average molecular weight is 400 g/mol. The largest absolute Gasteiger partial charge is 0.276 e. The molecule has 0 radical (unpaired) electrons. The van der Waals surface area contributed by atoms with E-state index in [4.69, 9.17) is 4.98 Å². The number of imidazole rings is 1. The third-order valence-electron chi connectivity index (χ3n) is 4.49. The van der Waals surface area contributed by atoms with Crippen LogP contribution < -0.4 is 0 Å². The second-order valence-electron chi connectivity index (χ2n) is 6.13. The minimum atomic E-state index is 0.893. The van der Waals surface area contributed by atoms with Crippen molar-refractivity contribution in [3.8, 4) is 22.6 Å². The van der Waals surface area contributed by atoms with Crippen molar-refractivity contribution >= 4 is 32.5 Å². The predicted molar refractivity (Wildman–Crippen MR) is 109 cm³/mol. The molecule has 124 valence electrons. The van der Waals surface area contributed by atoms with E-state index in [9.17, 15) is 0 Å². The van der Waals surface area contributed by atoms with E-state index >= 15 is 0 Å². The zero-order valence-electron chi connectivity index (χ0n) is 13.8. The van der Waals surface area contributed by atoms with Crippen molar-refractivity contribution in [2.24, 2.45) is 0 Å². The number of benzene rings is 2. The number of hydrogen-bond donors (Lipinski definition) is 0. The highest BCUT2D eigenvalue weighted by Gasteiger charge is 2.16. The van der Waals surface area contributed by atoms with Gasteiger partial charge in [-0.05, 0) is 36.4 Å². The number of nitrogens with zero attached hydrogens (tertiary/aromatic N) is 3. The molecule has 0 aliphatic rings. The van der Waals surface area contributed by atoms with Crippen LogP contribution in [0.5, 0.6) is 0 Å². The van der Waals surface area contributed by atoms with Crippen LogP contribution in [-0.2, 0) is 0 Å². The van der Waals surface area contributed by atoms with E-state index in [1.54, 1.807) is 0 Å². The first-order valence-electron chi connectivity index (χ1n) is 8.39. The van der Waals surface area contributed by atoms with E-state index in [0.29, 0.717) is 0 Å². The lowest BCUT2D eigenvalue weighted by atomic mass is 10.1. The minimum absolute atomic E-state index is 0.893. The van der Waals surface area contributed by atoms with Crippen LogP contribution in [0.1, 0.15) is 0 Å². The Balaban J connectivity index is 1.93. The minimum Gasteiger partial charge on any atom is -0.276 e. The molecular formula is C22H14BrN3. The van der Waals surface area contributed by atoms with Gasteiger partial charge in [-0.25, -0.2) is 9.97 Å². The van der Waals surface area contributed by atoms with Crippen LogP contribution in [-0.4, -0.2) is 14.4 Å². The first kappa shape index (κ1) is 15.3. The van der Waals surface area contributed by atoms with Gasteiger partial charge in [-0.15, -0.1) is 0 Å². The van der Waals surface area contributed by atoms with Gasteiger partial charge >= 0.3 is 0 Å². The molecule has 3 heterocycles. The molecule has 5 aromatic rings. The Morgan fingerprint density at radius 3 is 2.46 bits per heavy atom. The molecule has 0 fully saturated rings. The lowest BCUT2D eigenvalue weighted by molar-refractivity contribution is 1.17. The van der Waals surface area contributed by atoms with Gasteiger partial charge in [0.25, 0.3) is 0 Å². The van der Waals surface area contributed by atoms with E-state index in [2.05, 4.69) is 67.8 Å². The fourth-order valence-electron chi connectivity index (χ4n) is 3.33. The molecule has 5 rings (SSSR count). The molecule has 0 spiro atoms. The first-order valence-corrected chi connectivity index (χ1v) is 9.18. The molecule has 3 nitrogen and oxygen atoms in total. The summed E-state index contributed by atoms with van der Waals surface area (Å²) in [5.74, 6) is 0.893. The molecule has 26 heavy (non-hydrogen) atoms. The second-order valence-corrected chi connectivity index (χ2v) is 7.05. The van der Waals surface area contributed by atoms with Crippen LogP contribution in [0.4, 0.5) is 0 Å². The van der Waals surface area contributed by atoms with Crippen LogP contribution in [0.3, 0.4) is 0 Å². The zero-order chi connectivity index (χ0) is 17.5. The van der Waals surface area contributed by atoms with E-state index < -0.39 is 0 Å². The van der Waals surface area contributed by atoms with E-state index in [-0.39, 0.29) is 0 Å². The summed E-state index contributed by atoms with van der Waals surface area (Å²) >= 11 is 3.57. The summed E-state index contributed by atoms with van der Waals surface area (Å²) in [4.78, 5) is 9.66. The highest BCUT2D eigenvalue weighted by molar-refractivity contribution is 9.10. The van der Waals surface area contributed by atoms with Gasteiger partial charge in [0.1, 0.15) is 11.5 Å². The predicted octanol–water partition coefficient (Wildman–Crippen LogP) is 5.98. The van der Waals surface area contributed by atoms with Crippen LogP contribution in [0, 0.1) is 0 Å². The average Bonchev–Trinajstić information content (AvgIpc) is 3.09. The molecule has 0 atom stereocenters. The van der Waals surface area contributed by atoms with Crippen LogP contribution in [0.15, 0.2) is 89.5 Å². The van der Waals surface area contributed by atoms with Crippen molar-refractivity contribution in [1.82, 2.24) is 14.4 Å². The molecule has 0 amide bonds. The molecule has 0 unspecified atom stereocenters. The molecule has 3 aromatic heterocycles. The molecule has 0 aliphatic carbocycles. The molecule has 4 heteroatoms. The lowest BCUT2D eigenvalue weighted by Gasteiger charge is -2.06. The zero-order valence-corrected chi connectivity index (χ0v) is 15.4. The molecule has 0 saturated heterocycles. The second kappa shape index (κ2) is 6.07. The number of aromatic nitrogens is 3. The summed E-state index contributed by atoms with van der Waals surface area (Å²) in [7, 11) is 0. The number of fused-ring (bicyclic) bond motifs is 3. The van der Waals surface area contributed by atoms with E-state index in [1.807, 2.05) is 42.6 Å². The van der Waals surface area contributed by atoms with Gasteiger partial charge in [0, 0.05) is 27.2 Å². The Morgan fingerprint density at radius 1 is 0.769 bits per heavy atom. The molecule has 2 aromatic carbocycles. The van der Waals surface area contributed by atoms with Gasteiger partial charge in [0.15, 0.2) is 0 Å². The summed E-state index contributed by atoms with van der Waals surface area (Å²) in [5.41, 5.74) is 5.08. The molecule has 0 bridgehead atoms. The summed E-state index contributed by atoms with van der Waals surface area (Å²) < 4.78 is 3.18. The summed E-state index contributed by atoms with van der Waals surface area (Å²) in [6, 6.07) is 26.8. The Morgan fingerprint density at radius 2 is 1.62 bits per heavy atom. The Hall–Kier alpha value is -2.98. The first-order chi connectivity index (χ1) is 12.8. The quantitative estimate of drug-likeness (QED) is 0.365. The molecule has 0 saturated carbocycles. The molecule has 0 N–H and O–H groups in total. The topological polar surface area (TPSA) is 30.2 Å². The number of rotatable bonds is 2. The summed E-state index contributed by atoms with van der Waals surface area (Å²) in [5, 5.41) is 1.09. The third kappa shape index (κ3) is 2.42. The maximum atomic E-state index is 5.02. The normalized spacial score (nSPS) is 11.3. The Bertz CT molecular complexity index is 1240. The van der Waals surface area contributed by atoms with Crippen molar-refractivity contribution < 1.29 is 0 Å². The maximum Gasteiger partial charge on any atom is 0.146 e. The van der Waals surface area contributed by atoms with Crippen LogP contribution in [0.2, 0.25) is 0 Å². The van der Waals surface area contributed by atoms with Crippen molar-refractivity contribution in [1.29, 1.82) is 0 Å². The monoisotopic (exact) mass is 399 g/mol. The van der Waals surface area contributed by atoms with Gasteiger partial charge in [0.05, 0.1) is 11.2 Å². The fraction of sp³-hybridized carbons (Fsp3) is 0. The SMILES string of the molecule is Brc1cccc(-c2nc(-c3ccccc3)c3ccc4cccnc4n23)c1. The van der Waals surface area contributed by atoms with Crippen molar-refractivity contribution in [3.05, 3.63) is 89.5 Å². The van der Waals surface area contributed by atoms with Crippen LogP contribution >= 0.6 is 15.9 Å². The number of hydrogen-bond acceptors (Lipinski definition) is 2. The summed E-state index contributed by atoms with van der Waals surface area (Å²) in [6.45, 7) is 0. The van der Waals surface area contributed by atoms with Gasteiger partial charge in [-0.2, -0.15) is 0 Å². The lowest BCUT2D eigenvalue weighted by Crippen LogP contribution is -1.94. The third-order valence-corrected chi connectivity index (χ3v) is 4.99. The van der Waals surface area contributed by atoms with Crippen molar-refractivity contribution in [3.63, 3.8) is 0 Å². The van der Waals surface area contributed by atoms with Gasteiger partial charge in [-0.1, -0.05) is 58.4 Å². The standard InChI is InChI=1S/C22H14BrN3/c23-18-10-4-8-17(14-18)22-25-20(15-6-2-1-3-7-15)19-12-11-16-9-5-13-24-21(16)26(19)22/h1-14H. The maximum absolute atomic E-state index is 5.02. The van der Waals surface area contributed by atoms with Gasteiger partial charge in [-0.3, -0.25) is 4.40 Å². The van der Waals surface area contributed by atoms with Crippen molar-refractivity contribution in [2.75, 3.05) is 0 Å². The van der Waals surface area contributed by atoms with Gasteiger partial charge in [0.2, 0.25) is 0 Å². The van der Waals surface area contributed by atoms with E-state index in [1.165, 1.54) is 0 Å². The number of pyridine rings is 2. The molecule has 0 aliphatic heterocycles. The summed E-state index contributed by atoms with van der Waals surface area (Å²) in [6.07, 6.45) is 1.83. The Labute approximate surface area is 159 Å². The molecular weight excluding hydrogens is 386 g/mol. The smallest absolute Gasteiger partial charge is 0.146 e. The van der Waals surface area contributed by atoms with Crippen molar-refractivity contribution in [2.45, 2.75) is 0 Å². The van der Waals surface area contributed by atoms with Gasteiger partial charge < -0.3 is 0 Å². The van der Waals surface area contributed by atoms with Crippen LogP contribution in [0.25, 0.3) is 39.2 Å². The van der Waals surface area contributed by atoms with E-state index in [0.717, 1.165) is 43.7 Å². The highest BCUT2D eigenvalue weighted by Crippen LogP contribution is 2.32. The fourth-order valence-corrected chi connectivity index (χ4v) is 3.73. The highest BCUT2D eigenvalue weighted by atomic mass is 79.9. The Kier molecular flexibility index (Phi) is 3.57. The number of halogens is 1.